The first-order valence-electron chi connectivity index (χ1n) is 9.79. The molecule has 2 aliphatic rings. The van der Waals surface area contributed by atoms with Crippen LogP contribution in [0.25, 0.3) is 0 Å². The number of carbonyl (C=O) groups is 1. The zero-order valence-electron chi connectivity index (χ0n) is 16.3. The van der Waals surface area contributed by atoms with Crippen molar-refractivity contribution in [1.82, 2.24) is 24.7 Å². The van der Waals surface area contributed by atoms with Crippen molar-refractivity contribution in [3.8, 4) is 0 Å². The predicted molar refractivity (Wildman–Crippen MR) is 105 cm³/mol. The molecule has 2 fully saturated rings. The number of urea groups is 1. The minimum Gasteiger partial charge on any atom is -0.336 e. The fraction of sp³-hybridized carbons (Fsp3) is 0.524. The first-order chi connectivity index (χ1) is 13.0. The van der Waals surface area contributed by atoms with Gasteiger partial charge in [-0.1, -0.05) is 30.3 Å². The molecular weight excluding hydrogens is 338 g/mol. The fourth-order valence-corrected chi connectivity index (χ4v) is 4.79. The lowest BCUT2D eigenvalue weighted by Gasteiger charge is -2.48. The molecular formula is C21H29N5O. The number of amides is 2. The highest BCUT2D eigenvalue weighted by molar-refractivity contribution is 5.78. The Kier molecular flexibility index (Phi) is 4.68. The van der Waals surface area contributed by atoms with Crippen molar-refractivity contribution in [3.63, 3.8) is 0 Å². The average Bonchev–Trinajstić information content (AvgIpc) is 3.29. The molecule has 2 aromatic rings. The van der Waals surface area contributed by atoms with Crippen LogP contribution in [0, 0.1) is 0 Å². The number of hydrogen-bond acceptors (Lipinski definition) is 3. The molecule has 1 saturated carbocycles. The number of carbonyl (C=O) groups excluding carboxylic acids is 1. The highest BCUT2D eigenvalue weighted by Crippen LogP contribution is 2.45. The molecule has 0 bridgehead atoms. The van der Waals surface area contributed by atoms with Gasteiger partial charge in [-0.15, -0.1) is 0 Å². The zero-order valence-corrected chi connectivity index (χ0v) is 16.3. The molecule has 1 aliphatic carbocycles. The maximum absolute atomic E-state index is 12.6. The molecule has 2 amide bonds. The van der Waals surface area contributed by atoms with Crippen LogP contribution in [0.2, 0.25) is 0 Å². The maximum Gasteiger partial charge on any atom is 0.318 e. The van der Waals surface area contributed by atoms with Gasteiger partial charge in [-0.3, -0.25) is 4.90 Å². The summed E-state index contributed by atoms with van der Waals surface area (Å²) in [6.45, 7) is 2.31. The highest BCUT2D eigenvalue weighted by Gasteiger charge is 2.49. The zero-order chi connectivity index (χ0) is 18.9. The lowest BCUT2D eigenvalue weighted by atomic mass is 9.69. The van der Waals surface area contributed by atoms with Crippen molar-refractivity contribution in [2.24, 2.45) is 0 Å². The monoisotopic (exact) mass is 367 g/mol. The minimum absolute atomic E-state index is 0.0570. The Morgan fingerprint density at radius 2 is 1.85 bits per heavy atom. The lowest BCUT2D eigenvalue weighted by Crippen LogP contribution is -2.54. The molecule has 1 aliphatic heterocycles. The summed E-state index contributed by atoms with van der Waals surface area (Å²) in [5, 5.41) is 3.32. The molecule has 1 aromatic heterocycles. The second-order valence-electron chi connectivity index (χ2n) is 8.22. The van der Waals surface area contributed by atoms with Crippen molar-refractivity contribution in [2.75, 3.05) is 27.2 Å². The van der Waals surface area contributed by atoms with Gasteiger partial charge in [-0.2, -0.15) is 0 Å². The molecule has 1 saturated heterocycles. The molecule has 4 rings (SSSR count). The quantitative estimate of drug-likeness (QED) is 0.884. The van der Waals surface area contributed by atoms with Crippen molar-refractivity contribution < 1.29 is 4.79 Å². The largest absolute Gasteiger partial charge is 0.336 e. The standard InChI is InChI=1S/C21H29N5O/c1-24(2)21(18-6-4-3-5-7-18)10-8-20(9-11-21)16-26(19(27)23-20)15-14-25-13-12-22-17-25/h3-7,12-13,17H,8-11,14-16H2,1-2H3,(H,23,27). The van der Waals surface area contributed by atoms with Crippen LogP contribution in [-0.4, -0.2) is 58.1 Å². The highest BCUT2D eigenvalue weighted by atomic mass is 16.2. The number of nitrogens with zero attached hydrogens (tertiary/aromatic N) is 4. The molecule has 144 valence electrons. The molecule has 6 heteroatoms. The molecule has 6 nitrogen and oxygen atoms in total. The van der Waals surface area contributed by atoms with Crippen LogP contribution < -0.4 is 5.32 Å². The van der Waals surface area contributed by atoms with Crippen LogP contribution in [0.15, 0.2) is 49.1 Å². The predicted octanol–water partition coefficient (Wildman–Crippen LogP) is 2.68. The van der Waals surface area contributed by atoms with E-state index in [1.165, 1.54) is 5.56 Å². The third-order valence-electron chi connectivity index (χ3n) is 6.54. The van der Waals surface area contributed by atoms with Crippen molar-refractivity contribution in [3.05, 3.63) is 54.6 Å². The first-order valence-corrected chi connectivity index (χ1v) is 9.79. The fourth-order valence-electron chi connectivity index (χ4n) is 4.79. The van der Waals surface area contributed by atoms with Crippen LogP contribution in [0.1, 0.15) is 31.2 Å². The van der Waals surface area contributed by atoms with E-state index in [1.807, 2.05) is 15.7 Å². The van der Waals surface area contributed by atoms with Crippen molar-refractivity contribution in [1.29, 1.82) is 0 Å². The third-order valence-corrected chi connectivity index (χ3v) is 6.54. The molecule has 0 atom stereocenters. The summed E-state index contributed by atoms with van der Waals surface area (Å²) in [4.78, 5) is 20.9. The van der Waals surface area contributed by atoms with E-state index in [1.54, 1.807) is 12.5 Å². The van der Waals surface area contributed by atoms with Crippen LogP contribution in [0.3, 0.4) is 0 Å². The van der Waals surface area contributed by atoms with Crippen LogP contribution in [0.4, 0.5) is 4.79 Å². The second-order valence-corrected chi connectivity index (χ2v) is 8.22. The molecule has 0 unspecified atom stereocenters. The molecule has 1 aromatic carbocycles. The SMILES string of the molecule is CN(C)C1(c2ccccc2)CCC2(CC1)CN(CCn1ccnc1)C(=O)N2. The van der Waals surface area contributed by atoms with Gasteiger partial charge < -0.3 is 14.8 Å². The van der Waals surface area contributed by atoms with Gasteiger partial charge in [-0.25, -0.2) is 9.78 Å². The molecule has 1 spiro atoms. The van der Waals surface area contributed by atoms with Gasteiger partial charge >= 0.3 is 6.03 Å². The Balaban J connectivity index is 1.44. The van der Waals surface area contributed by atoms with Crippen molar-refractivity contribution >= 4 is 6.03 Å². The maximum atomic E-state index is 12.6. The second kappa shape index (κ2) is 7.00. The summed E-state index contributed by atoms with van der Waals surface area (Å²) in [5.41, 5.74) is 1.35. The number of benzene rings is 1. The average molecular weight is 367 g/mol. The van der Waals surface area contributed by atoms with Gasteiger partial charge in [-0.05, 0) is 45.3 Å². The Bertz CT molecular complexity index is 763. The van der Waals surface area contributed by atoms with Gasteiger partial charge in [0.1, 0.15) is 0 Å². The summed E-state index contributed by atoms with van der Waals surface area (Å²) in [6, 6.07) is 10.9. The Hall–Kier alpha value is -2.34. The normalized spacial score (nSPS) is 28.1. The summed E-state index contributed by atoms with van der Waals surface area (Å²) < 4.78 is 2.02. The summed E-state index contributed by atoms with van der Waals surface area (Å²) in [5.74, 6) is 0. The number of rotatable bonds is 5. The van der Waals surface area contributed by atoms with Gasteiger partial charge in [0, 0.05) is 37.6 Å². The van der Waals surface area contributed by atoms with E-state index in [2.05, 4.69) is 59.6 Å². The number of imidazole rings is 1. The topological polar surface area (TPSA) is 53.4 Å². The van der Waals surface area contributed by atoms with Crippen LogP contribution in [0.5, 0.6) is 0 Å². The smallest absolute Gasteiger partial charge is 0.318 e. The van der Waals surface area contributed by atoms with E-state index in [0.29, 0.717) is 0 Å². The molecule has 0 radical (unpaired) electrons. The van der Waals surface area contributed by atoms with Gasteiger partial charge in [0.05, 0.1) is 11.9 Å². The first kappa shape index (κ1) is 18.0. The lowest BCUT2D eigenvalue weighted by molar-refractivity contribution is 0.0619. The van der Waals surface area contributed by atoms with E-state index >= 15 is 0 Å². The Morgan fingerprint density at radius 1 is 1.11 bits per heavy atom. The summed E-state index contributed by atoms with van der Waals surface area (Å²) >= 11 is 0. The summed E-state index contributed by atoms with van der Waals surface area (Å²) in [7, 11) is 4.35. The Morgan fingerprint density at radius 3 is 2.48 bits per heavy atom. The van der Waals surface area contributed by atoms with Crippen LogP contribution >= 0.6 is 0 Å². The van der Waals surface area contributed by atoms with Gasteiger partial charge in [0.15, 0.2) is 0 Å². The molecule has 1 N–H and O–H groups in total. The number of aromatic nitrogens is 2. The van der Waals surface area contributed by atoms with E-state index in [-0.39, 0.29) is 17.1 Å². The Labute approximate surface area is 161 Å². The number of hydrogen-bond donors (Lipinski definition) is 1. The summed E-state index contributed by atoms with van der Waals surface area (Å²) in [6.07, 6.45) is 9.64. The van der Waals surface area contributed by atoms with Crippen LogP contribution in [-0.2, 0) is 12.1 Å². The molecule has 27 heavy (non-hydrogen) atoms. The minimum atomic E-state index is -0.0830. The molecule has 2 heterocycles. The van der Waals surface area contributed by atoms with E-state index in [0.717, 1.165) is 45.3 Å². The van der Waals surface area contributed by atoms with E-state index in [9.17, 15) is 4.79 Å². The van der Waals surface area contributed by atoms with Gasteiger partial charge in [0.25, 0.3) is 0 Å². The van der Waals surface area contributed by atoms with Crippen molar-refractivity contribution in [2.45, 2.75) is 43.3 Å². The van der Waals surface area contributed by atoms with Gasteiger partial charge in [0.2, 0.25) is 0 Å². The van der Waals surface area contributed by atoms with E-state index < -0.39 is 0 Å². The number of nitrogens with one attached hydrogen (secondary N) is 1. The third kappa shape index (κ3) is 3.34. The van der Waals surface area contributed by atoms with E-state index in [4.69, 9.17) is 0 Å².